The Morgan fingerprint density at radius 3 is 2.50 bits per heavy atom. The number of benzene rings is 2. The first kappa shape index (κ1) is 17.0. The molecule has 7 heteroatoms. The molecule has 3 rings (SSSR count). The van der Waals surface area contributed by atoms with Crippen LogP contribution in [-0.4, -0.2) is 26.6 Å². The van der Waals surface area contributed by atoms with Gasteiger partial charge in [0, 0.05) is 21.8 Å². The van der Waals surface area contributed by atoms with Gasteiger partial charge >= 0.3 is 0 Å². The van der Waals surface area contributed by atoms with E-state index >= 15 is 0 Å². The van der Waals surface area contributed by atoms with E-state index in [1.807, 2.05) is 31.2 Å². The zero-order valence-electron chi connectivity index (χ0n) is 13.3. The Morgan fingerprint density at radius 1 is 1.21 bits per heavy atom. The van der Waals surface area contributed by atoms with Gasteiger partial charge in [0.25, 0.3) is 5.91 Å². The lowest BCUT2D eigenvalue weighted by Crippen LogP contribution is -2.34. The van der Waals surface area contributed by atoms with Crippen LogP contribution in [0.2, 0.25) is 0 Å². The smallest absolute Gasteiger partial charge is 0.255 e. The van der Waals surface area contributed by atoms with Gasteiger partial charge in [0.15, 0.2) is 0 Å². The number of nitrogens with one attached hydrogen (secondary N) is 1. The monoisotopic (exact) mass is 408 g/mol. The van der Waals surface area contributed by atoms with E-state index in [2.05, 4.69) is 21.2 Å². The van der Waals surface area contributed by atoms with Crippen LogP contribution in [0.1, 0.15) is 22.8 Å². The highest BCUT2D eigenvalue weighted by Crippen LogP contribution is 2.34. The molecule has 0 spiro atoms. The largest absolute Gasteiger partial charge is 0.322 e. The fourth-order valence-electron chi connectivity index (χ4n) is 2.99. The molecule has 24 heavy (non-hydrogen) atoms. The molecule has 0 unspecified atom stereocenters. The molecule has 0 bridgehead atoms. The minimum atomic E-state index is -3.32. The van der Waals surface area contributed by atoms with E-state index in [0.717, 1.165) is 10.0 Å². The van der Waals surface area contributed by atoms with Crippen LogP contribution in [0, 0.1) is 0 Å². The summed E-state index contributed by atoms with van der Waals surface area (Å²) in [5.41, 5.74) is 2.75. The van der Waals surface area contributed by atoms with Crippen molar-refractivity contribution in [1.29, 1.82) is 0 Å². The number of hydrogen-bond acceptors (Lipinski definition) is 3. The fraction of sp³-hybridized carbons (Fsp3) is 0.235. The van der Waals surface area contributed by atoms with Crippen molar-refractivity contribution in [2.75, 3.05) is 15.9 Å². The van der Waals surface area contributed by atoms with Gasteiger partial charge in [-0.05, 0) is 61.4 Å². The maximum atomic E-state index is 12.4. The molecule has 1 amide bonds. The minimum Gasteiger partial charge on any atom is -0.322 e. The molecule has 5 nitrogen and oxygen atoms in total. The average molecular weight is 409 g/mol. The summed E-state index contributed by atoms with van der Waals surface area (Å²) < 4.78 is 26.2. The zero-order chi connectivity index (χ0) is 17.5. The first-order chi connectivity index (χ1) is 11.3. The van der Waals surface area contributed by atoms with Crippen LogP contribution >= 0.6 is 15.9 Å². The van der Waals surface area contributed by atoms with E-state index < -0.39 is 10.0 Å². The molecule has 2 aromatic carbocycles. The quantitative estimate of drug-likeness (QED) is 0.845. The Hall–Kier alpha value is -1.86. The van der Waals surface area contributed by atoms with Gasteiger partial charge in [-0.15, -0.1) is 0 Å². The zero-order valence-corrected chi connectivity index (χ0v) is 15.7. The number of fused-ring (bicyclic) bond motifs is 1. The number of anilines is 2. The predicted octanol–water partition coefficient (Wildman–Crippen LogP) is 3.41. The van der Waals surface area contributed by atoms with Gasteiger partial charge in [0.1, 0.15) is 0 Å². The van der Waals surface area contributed by atoms with E-state index in [0.29, 0.717) is 23.4 Å². The molecule has 0 saturated carbocycles. The highest BCUT2D eigenvalue weighted by molar-refractivity contribution is 9.10. The summed E-state index contributed by atoms with van der Waals surface area (Å²) in [6, 6.07) is 12.3. The van der Waals surface area contributed by atoms with E-state index in [9.17, 15) is 13.2 Å². The van der Waals surface area contributed by atoms with Crippen molar-refractivity contribution in [2.24, 2.45) is 0 Å². The van der Waals surface area contributed by atoms with Crippen molar-refractivity contribution >= 4 is 43.2 Å². The van der Waals surface area contributed by atoms with Crippen molar-refractivity contribution in [3.63, 3.8) is 0 Å². The van der Waals surface area contributed by atoms with E-state index in [-0.39, 0.29) is 11.9 Å². The van der Waals surface area contributed by atoms with Crippen LogP contribution in [0.3, 0.4) is 0 Å². The van der Waals surface area contributed by atoms with Crippen molar-refractivity contribution in [3.05, 3.63) is 58.1 Å². The van der Waals surface area contributed by atoms with Crippen molar-refractivity contribution < 1.29 is 13.2 Å². The third kappa shape index (κ3) is 3.32. The minimum absolute atomic E-state index is 0.139. The number of amides is 1. The second kappa shape index (κ2) is 6.22. The molecule has 126 valence electrons. The number of sulfonamides is 1. The lowest BCUT2D eigenvalue weighted by atomic mass is 10.1. The summed E-state index contributed by atoms with van der Waals surface area (Å²) in [6.45, 7) is 1.86. The van der Waals surface area contributed by atoms with Gasteiger partial charge in [-0.2, -0.15) is 0 Å². The molecule has 1 aliphatic heterocycles. The Labute approximate surface area is 149 Å². The van der Waals surface area contributed by atoms with Gasteiger partial charge in [-0.25, -0.2) is 8.42 Å². The lowest BCUT2D eigenvalue weighted by Gasteiger charge is -2.21. The van der Waals surface area contributed by atoms with Crippen LogP contribution in [0.4, 0.5) is 11.4 Å². The molecule has 1 aliphatic rings. The number of nitrogens with zero attached hydrogens (tertiary/aromatic N) is 1. The molecule has 0 aromatic heterocycles. The fourth-order valence-corrected chi connectivity index (χ4v) is 4.51. The van der Waals surface area contributed by atoms with E-state index in [1.165, 1.54) is 10.6 Å². The maximum Gasteiger partial charge on any atom is 0.255 e. The van der Waals surface area contributed by atoms with Gasteiger partial charge in [0.05, 0.1) is 11.9 Å². The van der Waals surface area contributed by atoms with E-state index in [1.54, 1.807) is 18.2 Å². The van der Waals surface area contributed by atoms with Crippen molar-refractivity contribution in [3.8, 4) is 0 Å². The Balaban J connectivity index is 1.86. The van der Waals surface area contributed by atoms with Crippen molar-refractivity contribution in [1.82, 2.24) is 0 Å². The molecule has 2 aromatic rings. The predicted molar refractivity (Wildman–Crippen MR) is 99.0 cm³/mol. The molecule has 1 N–H and O–H groups in total. The summed E-state index contributed by atoms with van der Waals surface area (Å²) in [7, 11) is -3.32. The summed E-state index contributed by atoms with van der Waals surface area (Å²) in [5, 5.41) is 2.84. The SMILES string of the molecule is C[C@H]1Cc2cc(C(=O)Nc3ccc(Br)cc3)ccc2N1S(C)(=O)=O. The number of carbonyl (C=O) groups excluding carboxylic acids is 1. The van der Waals surface area contributed by atoms with Crippen LogP contribution in [-0.2, 0) is 16.4 Å². The number of carbonyl (C=O) groups is 1. The van der Waals surface area contributed by atoms with Gasteiger partial charge in [-0.3, -0.25) is 9.10 Å². The van der Waals surface area contributed by atoms with Crippen LogP contribution in [0.5, 0.6) is 0 Å². The standard InChI is InChI=1S/C17H17BrN2O3S/c1-11-9-13-10-12(3-8-16(13)20(11)24(2,22)23)17(21)19-15-6-4-14(18)5-7-15/h3-8,10-11H,9H2,1-2H3,(H,19,21)/t11-/m0/s1. The molecular formula is C17H17BrN2O3S. The molecule has 1 heterocycles. The molecule has 0 fully saturated rings. The number of hydrogen-bond donors (Lipinski definition) is 1. The number of halogens is 1. The normalized spacial score (nSPS) is 16.8. The van der Waals surface area contributed by atoms with Crippen LogP contribution in [0.25, 0.3) is 0 Å². The second-order valence-corrected chi connectivity index (χ2v) is 8.69. The highest BCUT2D eigenvalue weighted by Gasteiger charge is 2.32. The summed E-state index contributed by atoms with van der Waals surface area (Å²) >= 11 is 3.35. The topological polar surface area (TPSA) is 66.5 Å². The Bertz CT molecular complexity index is 895. The lowest BCUT2D eigenvalue weighted by molar-refractivity contribution is 0.102. The first-order valence-corrected chi connectivity index (χ1v) is 10.1. The Morgan fingerprint density at radius 2 is 1.88 bits per heavy atom. The molecular weight excluding hydrogens is 392 g/mol. The van der Waals surface area contributed by atoms with E-state index in [4.69, 9.17) is 0 Å². The average Bonchev–Trinajstić information content (AvgIpc) is 2.84. The first-order valence-electron chi connectivity index (χ1n) is 7.45. The van der Waals surface area contributed by atoms with Gasteiger partial charge < -0.3 is 5.32 Å². The summed E-state index contributed by atoms with van der Waals surface area (Å²) in [4.78, 5) is 12.4. The third-order valence-electron chi connectivity index (χ3n) is 3.95. The van der Waals surface area contributed by atoms with Gasteiger partial charge in [-0.1, -0.05) is 15.9 Å². The molecule has 1 atom stereocenters. The third-order valence-corrected chi connectivity index (χ3v) is 5.75. The molecule has 0 radical (unpaired) electrons. The van der Waals surface area contributed by atoms with Crippen LogP contribution in [0.15, 0.2) is 46.9 Å². The molecule has 0 saturated heterocycles. The van der Waals surface area contributed by atoms with Crippen LogP contribution < -0.4 is 9.62 Å². The highest BCUT2D eigenvalue weighted by atomic mass is 79.9. The Kier molecular flexibility index (Phi) is 4.40. The second-order valence-electron chi connectivity index (χ2n) is 5.92. The maximum absolute atomic E-state index is 12.4. The van der Waals surface area contributed by atoms with Gasteiger partial charge in [0.2, 0.25) is 10.0 Å². The summed E-state index contributed by atoms with van der Waals surface area (Å²) in [6.07, 6.45) is 1.80. The van der Waals surface area contributed by atoms with Crippen molar-refractivity contribution in [2.45, 2.75) is 19.4 Å². The number of rotatable bonds is 3. The summed E-state index contributed by atoms with van der Waals surface area (Å²) in [5.74, 6) is -0.217. The molecule has 0 aliphatic carbocycles.